The van der Waals surface area contributed by atoms with E-state index in [0.717, 1.165) is 31.2 Å². The minimum absolute atomic E-state index is 0.0433. The molecular formula is C20H29NO5. The van der Waals surface area contributed by atoms with E-state index in [1.807, 2.05) is 27.7 Å². The van der Waals surface area contributed by atoms with Crippen LogP contribution in [0, 0.1) is 6.92 Å². The molecule has 6 nitrogen and oxygen atoms in total. The van der Waals surface area contributed by atoms with E-state index in [9.17, 15) is 14.7 Å². The molecule has 0 saturated heterocycles. The summed E-state index contributed by atoms with van der Waals surface area (Å²) in [6.07, 6.45) is 2.78. The Balaban J connectivity index is 1.94. The summed E-state index contributed by atoms with van der Waals surface area (Å²) in [5.41, 5.74) is 0.635. The maximum atomic E-state index is 12.2. The highest BCUT2D eigenvalue weighted by Crippen LogP contribution is 2.29. The van der Waals surface area contributed by atoms with Gasteiger partial charge in [0, 0.05) is 13.1 Å². The Morgan fingerprint density at radius 2 is 1.77 bits per heavy atom. The van der Waals surface area contributed by atoms with Crippen molar-refractivity contribution in [3.05, 3.63) is 29.3 Å². The average molecular weight is 363 g/mol. The van der Waals surface area contributed by atoms with Crippen LogP contribution in [0.4, 0.5) is 4.79 Å². The largest absolute Gasteiger partial charge is 0.490 e. The van der Waals surface area contributed by atoms with Crippen LogP contribution in [0.5, 0.6) is 5.75 Å². The minimum Gasteiger partial charge on any atom is -0.490 e. The Kier molecular flexibility index (Phi) is 6.16. The molecule has 1 aliphatic carbocycles. The van der Waals surface area contributed by atoms with Gasteiger partial charge in [-0.3, -0.25) is 0 Å². The summed E-state index contributed by atoms with van der Waals surface area (Å²) in [6.45, 7) is 7.47. The highest BCUT2D eigenvalue weighted by Gasteiger charge is 2.30. The molecule has 1 aromatic rings. The molecule has 1 saturated carbocycles. The van der Waals surface area contributed by atoms with Crippen molar-refractivity contribution in [3.63, 3.8) is 0 Å². The molecule has 0 radical (unpaired) electrons. The van der Waals surface area contributed by atoms with E-state index in [1.54, 1.807) is 30.1 Å². The fourth-order valence-electron chi connectivity index (χ4n) is 3.12. The number of ether oxygens (including phenoxy) is 2. The van der Waals surface area contributed by atoms with E-state index in [4.69, 9.17) is 9.47 Å². The van der Waals surface area contributed by atoms with Crippen LogP contribution in [-0.2, 0) is 4.74 Å². The SMILES string of the molecule is Cc1ccc(C(=O)O)c(OC2CCC(N(C)C(=O)OC(C)(C)C)CC2)c1. The summed E-state index contributed by atoms with van der Waals surface area (Å²) in [4.78, 5) is 25.2. The highest BCUT2D eigenvalue weighted by atomic mass is 16.6. The first kappa shape index (κ1) is 20.1. The van der Waals surface area contributed by atoms with E-state index in [1.165, 1.54) is 0 Å². The summed E-state index contributed by atoms with van der Waals surface area (Å²) >= 11 is 0. The van der Waals surface area contributed by atoms with Gasteiger partial charge in [-0.25, -0.2) is 9.59 Å². The number of aryl methyl sites for hydroxylation is 1. The minimum atomic E-state index is -0.988. The number of aromatic carboxylic acids is 1. The van der Waals surface area contributed by atoms with Gasteiger partial charge < -0.3 is 19.5 Å². The van der Waals surface area contributed by atoms with Crippen LogP contribution in [-0.4, -0.2) is 46.9 Å². The van der Waals surface area contributed by atoms with Crippen LogP contribution in [0.25, 0.3) is 0 Å². The summed E-state index contributed by atoms with van der Waals surface area (Å²) in [6, 6.07) is 5.22. The number of nitrogens with zero attached hydrogens (tertiary/aromatic N) is 1. The molecular weight excluding hydrogens is 334 g/mol. The normalized spacial score (nSPS) is 20.3. The summed E-state index contributed by atoms with van der Waals surface area (Å²) < 4.78 is 11.4. The first-order valence-corrected chi connectivity index (χ1v) is 9.03. The van der Waals surface area contributed by atoms with Crippen molar-refractivity contribution in [1.82, 2.24) is 4.90 Å². The average Bonchev–Trinajstić information content (AvgIpc) is 2.53. The monoisotopic (exact) mass is 363 g/mol. The molecule has 0 aromatic heterocycles. The Bertz CT molecular complexity index is 657. The standard InChI is InChI=1S/C20H29NO5/c1-13-6-11-16(18(22)23)17(12-13)25-15-9-7-14(8-10-15)21(5)19(24)26-20(2,3)4/h6,11-12,14-15H,7-10H2,1-5H3,(H,22,23). The van der Waals surface area contributed by atoms with Crippen molar-refractivity contribution in [2.45, 2.75) is 71.1 Å². The number of carboxylic acid groups (broad SMARTS) is 1. The number of hydrogen-bond acceptors (Lipinski definition) is 4. The Morgan fingerprint density at radius 1 is 1.15 bits per heavy atom. The van der Waals surface area contributed by atoms with Gasteiger partial charge in [-0.2, -0.15) is 0 Å². The number of rotatable bonds is 4. The second kappa shape index (κ2) is 7.98. The topological polar surface area (TPSA) is 76.1 Å². The zero-order chi connectivity index (χ0) is 19.5. The van der Waals surface area contributed by atoms with Crippen molar-refractivity contribution in [2.24, 2.45) is 0 Å². The summed E-state index contributed by atoms with van der Waals surface area (Å²) in [5, 5.41) is 9.32. The van der Waals surface area contributed by atoms with Crippen LogP contribution in [0.3, 0.4) is 0 Å². The predicted octanol–water partition coefficient (Wildman–Crippen LogP) is 4.25. The third-order valence-corrected chi connectivity index (χ3v) is 4.53. The molecule has 0 bridgehead atoms. The van der Waals surface area contributed by atoms with Gasteiger partial charge >= 0.3 is 12.1 Å². The van der Waals surface area contributed by atoms with Crippen molar-refractivity contribution in [1.29, 1.82) is 0 Å². The second-order valence-corrected chi connectivity index (χ2v) is 7.94. The predicted molar refractivity (Wildman–Crippen MR) is 98.8 cm³/mol. The van der Waals surface area contributed by atoms with E-state index in [-0.39, 0.29) is 23.8 Å². The van der Waals surface area contributed by atoms with Crippen LogP contribution in [0.15, 0.2) is 18.2 Å². The fraction of sp³-hybridized carbons (Fsp3) is 0.600. The molecule has 6 heteroatoms. The first-order chi connectivity index (χ1) is 12.1. The van der Waals surface area contributed by atoms with Gasteiger partial charge in [0.25, 0.3) is 0 Å². The summed E-state index contributed by atoms with van der Waals surface area (Å²) in [7, 11) is 1.77. The maximum Gasteiger partial charge on any atom is 0.410 e. The van der Waals surface area contributed by atoms with Gasteiger partial charge in [-0.15, -0.1) is 0 Å². The third-order valence-electron chi connectivity index (χ3n) is 4.53. The van der Waals surface area contributed by atoms with Crippen LogP contribution in [0.2, 0.25) is 0 Å². The molecule has 2 rings (SSSR count). The number of amides is 1. The molecule has 0 unspecified atom stereocenters. The number of carbonyl (C=O) groups is 2. The van der Waals surface area contributed by atoms with Crippen molar-refractivity contribution < 1.29 is 24.2 Å². The zero-order valence-corrected chi connectivity index (χ0v) is 16.2. The van der Waals surface area contributed by atoms with E-state index < -0.39 is 11.6 Å². The van der Waals surface area contributed by atoms with Gasteiger partial charge in [-0.1, -0.05) is 6.07 Å². The Hall–Kier alpha value is -2.24. The highest BCUT2D eigenvalue weighted by molar-refractivity contribution is 5.91. The number of carbonyl (C=O) groups excluding carboxylic acids is 1. The molecule has 1 amide bonds. The van der Waals surface area contributed by atoms with Crippen LogP contribution < -0.4 is 4.74 Å². The molecule has 0 heterocycles. The van der Waals surface area contributed by atoms with Crippen molar-refractivity contribution in [2.75, 3.05) is 7.05 Å². The lowest BCUT2D eigenvalue weighted by atomic mass is 9.92. The van der Waals surface area contributed by atoms with Gasteiger partial charge in [0.15, 0.2) is 0 Å². The van der Waals surface area contributed by atoms with Crippen LogP contribution >= 0.6 is 0 Å². The Labute approximate surface area is 155 Å². The number of hydrogen-bond donors (Lipinski definition) is 1. The van der Waals surface area contributed by atoms with Crippen molar-refractivity contribution in [3.8, 4) is 5.75 Å². The maximum absolute atomic E-state index is 12.2. The molecule has 0 aliphatic heterocycles. The zero-order valence-electron chi connectivity index (χ0n) is 16.2. The van der Waals surface area contributed by atoms with Gasteiger partial charge in [0.2, 0.25) is 0 Å². The molecule has 1 N–H and O–H groups in total. The molecule has 26 heavy (non-hydrogen) atoms. The van der Waals surface area contributed by atoms with Gasteiger partial charge in [-0.05, 0) is 71.1 Å². The first-order valence-electron chi connectivity index (χ1n) is 9.03. The van der Waals surface area contributed by atoms with Crippen molar-refractivity contribution >= 4 is 12.1 Å². The number of benzene rings is 1. The third kappa shape index (κ3) is 5.38. The molecule has 1 aromatic carbocycles. The van der Waals surface area contributed by atoms with Crippen LogP contribution in [0.1, 0.15) is 62.4 Å². The van der Waals surface area contributed by atoms with E-state index >= 15 is 0 Å². The lowest BCUT2D eigenvalue weighted by Crippen LogP contribution is -2.43. The molecule has 0 spiro atoms. The Morgan fingerprint density at radius 3 is 2.31 bits per heavy atom. The van der Waals surface area contributed by atoms with E-state index in [0.29, 0.717) is 5.75 Å². The van der Waals surface area contributed by atoms with E-state index in [2.05, 4.69) is 0 Å². The fourth-order valence-corrected chi connectivity index (χ4v) is 3.12. The second-order valence-electron chi connectivity index (χ2n) is 7.94. The quantitative estimate of drug-likeness (QED) is 0.865. The molecule has 144 valence electrons. The number of carboxylic acids is 1. The smallest absolute Gasteiger partial charge is 0.410 e. The lowest BCUT2D eigenvalue weighted by molar-refractivity contribution is 0.0137. The molecule has 1 aliphatic rings. The molecule has 0 atom stereocenters. The summed E-state index contributed by atoms with van der Waals surface area (Å²) in [5.74, 6) is -0.570. The van der Waals surface area contributed by atoms with Gasteiger partial charge in [0.1, 0.15) is 16.9 Å². The van der Waals surface area contributed by atoms with Gasteiger partial charge in [0.05, 0.1) is 6.10 Å². The molecule has 1 fully saturated rings. The lowest BCUT2D eigenvalue weighted by Gasteiger charge is -2.35.